The predicted molar refractivity (Wildman–Crippen MR) is 99.1 cm³/mol. The van der Waals surface area contributed by atoms with Gasteiger partial charge in [0.2, 0.25) is 5.91 Å². The topological polar surface area (TPSA) is 61.0 Å². The van der Waals surface area contributed by atoms with Crippen LogP contribution in [0.2, 0.25) is 0 Å². The average Bonchev–Trinajstić information content (AvgIpc) is 3.26. The third-order valence-corrected chi connectivity index (χ3v) is 5.72. The van der Waals surface area contributed by atoms with Gasteiger partial charge in [-0.25, -0.2) is 4.98 Å². The van der Waals surface area contributed by atoms with Crippen molar-refractivity contribution in [2.75, 3.05) is 19.6 Å². The highest BCUT2D eigenvalue weighted by Gasteiger charge is 2.26. The van der Waals surface area contributed by atoms with E-state index in [1.165, 1.54) is 19.3 Å². The van der Waals surface area contributed by atoms with Crippen LogP contribution in [0.4, 0.5) is 0 Å². The molecule has 1 saturated heterocycles. The van der Waals surface area contributed by atoms with Crippen LogP contribution in [0, 0.1) is 11.8 Å². The number of H-pyrrole nitrogens is 1. The second-order valence-electron chi connectivity index (χ2n) is 7.67. The van der Waals surface area contributed by atoms with Crippen LogP contribution in [-0.4, -0.2) is 40.4 Å². The molecule has 1 amide bonds. The van der Waals surface area contributed by atoms with Crippen LogP contribution < -0.4 is 5.32 Å². The summed E-state index contributed by atoms with van der Waals surface area (Å²) in [4.78, 5) is 22.8. The summed E-state index contributed by atoms with van der Waals surface area (Å²) in [6, 6.07) is 8.17. The molecule has 2 aliphatic rings. The summed E-state index contributed by atoms with van der Waals surface area (Å²) in [5.41, 5.74) is 2.14. The van der Waals surface area contributed by atoms with E-state index in [2.05, 4.69) is 26.3 Å². The van der Waals surface area contributed by atoms with E-state index in [0.717, 1.165) is 62.3 Å². The first-order valence-corrected chi connectivity index (χ1v) is 9.71. The molecule has 25 heavy (non-hydrogen) atoms. The number of hydrogen-bond donors (Lipinski definition) is 2. The molecule has 2 fully saturated rings. The number of imidazole rings is 1. The molecule has 2 heterocycles. The van der Waals surface area contributed by atoms with Crippen molar-refractivity contribution in [1.29, 1.82) is 0 Å². The fraction of sp³-hybridized carbons (Fsp3) is 0.600. The summed E-state index contributed by atoms with van der Waals surface area (Å²) in [6.07, 6.45) is 7.04. The maximum absolute atomic E-state index is 12.3. The van der Waals surface area contributed by atoms with Gasteiger partial charge in [-0.1, -0.05) is 31.4 Å². The zero-order valence-electron chi connectivity index (χ0n) is 14.8. The van der Waals surface area contributed by atoms with Crippen molar-refractivity contribution in [3.05, 3.63) is 30.1 Å². The van der Waals surface area contributed by atoms with E-state index >= 15 is 0 Å². The Morgan fingerprint density at radius 2 is 2.04 bits per heavy atom. The molecule has 1 aliphatic carbocycles. The van der Waals surface area contributed by atoms with E-state index < -0.39 is 0 Å². The first kappa shape index (κ1) is 16.6. The molecule has 0 bridgehead atoms. The van der Waals surface area contributed by atoms with Gasteiger partial charge in [-0.2, -0.15) is 0 Å². The van der Waals surface area contributed by atoms with Crippen LogP contribution in [0.3, 0.4) is 0 Å². The number of hydrogen-bond acceptors (Lipinski definition) is 3. The molecule has 1 atom stereocenters. The van der Waals surface area contributed by atoms with E-state index in [1.54, 1.807) is 0 Å². The van der Waals surface area contributed by atoms with Crippen LogP contribution in [0.25, 0.3) is 11.0 Å². The van der Waals surface area contributed by atoms with Crippen LogP contribution in [0.15, 0.2) is 24.3 Å². The Balaban J connectivity index is 1.24. The molecular formula is C20H28N4O. The minimum absolute atomic E-state index is 0.266. The van der Waals surface area contributed by atoms with Crippen molar-refractivity contribution in [2.45, 2.75) is 45.1 Å². The minimum Gasteiger partial charge on any atom is -0.356 e. The van der Waals surface area contributed by atoms with Gasteiger partial charge in [0, 0.05) is 19.0 Å². The average molecular weight is 340 g/mol. The molecule has 0 unspecified atom stereocenters. The number of aromatic amines is 1. The number of benzene rings is 1. The molecule has 5 nitrogen and oxygen atoms in total. The molecule has 1 aliphatic heterocycles. The van der Waals surface area contributed by atoms with E-state index in [9.17, 15) is 4.79 Å². The monoisotopic (exact) mass is 340 g/mol. The van der Waals surface area contributed by atoms with E-state index in [4.69, 9.17) is 0 Å². The fourth-order valence-electron chi connectivity index (χ4n) is 4.27. The van der Waals surface area contributed by atoms with Crippen molar-refractivity contribution >= 4 is 16.9 Å². The van der Waals surface area contributed by atoms with Gasteiger partial charge in [0.1, 0.15) is 5.82 Å². The number of nitrogens with zero attached hydrogens (tertiary/aromatic N) is 2. The second-order valence-corrected chi connectivity index (χ2v) is 7.67. The minimum atomic E-state index is 0.266. The van der Waals surface area contributed by atoms with Gasteiger partial charge in [-0.3, -0.25) is 9.69 Å². The van der Waals surface area contributed by atoms with E-state index in [-0.39, 0.29) is 11.8 Å². The second kappa shape index (κ2) is 7.56. The van der Waals surface area contributed by atoms with Crippen molar-refractivity contribution in [3.63, 3.8) is 0 Å². The molecule has 2 N–H and O–H groups in total. The third-order valence-electron chi connectivity index (χ3n) is 5.72. The Bertz CT molecular complexity index is 686. The summed E-state index contributed by atoms with van der Waals surface area (Å²) in [7, 11) is 0. The van der Waals surface area contributed by atoms with Crippen LogP contribution in [0.1, 0.15) is 44.3 Å². The number of nitrogens with one attached hydrogen (secondary N) is 2. The lowest BCUT2D eigenvalue weighted by Crippen LogP contribution is -2.36. The number of para-hydroxylation sites is 2. The Morgan fingerprint density at radius 1 is 1.20 bits per heavy atom. The van der Waals surface area contributed by atoms with Gasteiger partial charge >= 0.3 is 0 Å². The first-order chi connectivity index (χ1) is 12.3. The van der Waals surface area contributed by atoms with Crippen LogP contribution >= 0.6 is 0 Å². The van der Waals surface area contributed by atoms with Crippen molar-refractivity contribution in [1.82, 2.24) is 20.2 Å². The summed E-state index contributed by atoms with van der Waals surface area (Å²) in [6.45, 7) is 3.82. The lowest BCUT2D eigenvalue weighted by molar-refractivity contribution is -0.126. The SMILES string of the molecule is O=C(NC[C@H]1CCN(Cc2nc3ccccc3[nH]2)C1)C1CCCCC1. The number of fused-ring (bicyclic) bond motifs is 1. The standard InChI is InChI=1S/C20H28N4O/c25-20(16-6-2-1-3-7-16)21-12-15-10-11-24(13-15)14-19-22-17-8-4-5-9-18(17)23-19/h4-5,8-9,15-16H,1-3,6-7,10-14H2,(H,21,25)(H,22,23)/t15-/m1/s1. The van der Waals surface area contributed by atoms with Crippen molar-refractivity contribution < 1.29 is 4.79 Å². The zero-order valence-corrected chi connectivity index (χ0v) is 14.8. The van der Waals surface area contributed by atoms with Gasteiger partial charge in [0.25, 0.3) is 0 Å². The lowest BCUT2D eigenvalue weighted by Gasteiger charge is -2.22. The molecule has 2 aromatic rings. The van der Waals surface area contributed by atoms with Gasteiger partial charge in [0.15, 0.2) is 0 Å². The summed E-state index contributed by atoms with van der Waals surface area (Å²) < 4.78 is 0. The Labute approximate surface area is 149 Å². The first-order valence-electron chi connectivity index (χ1n) is 9.71. The number of carbonyl (C=O) groups excluding carboxylic acids is 1. The highest BCUT2D eigenvalue weighted by Crippen LogP contribution is 2.24. The van der Waals surface area contributed by atoms with Crippen LogP contribution in [-0.2, 0) is 11.3 Å². The quantitative estimate of drug-likeness (QED) is 0.879. The summed E-state index contributed by atoms with van der Waals surface area (Å²) >= 11 is 0. The largest absolute Gasteiger partial charge is 0.356 e. The number of carbonyl (C=O) groups is 1. The molecule has 1 aromatic heterocycles. The summed E-state index contributed by atoms with van der Waals surface area (Å²) in [5.74, 6) is 2.15. The maximum atomic E-state index is 12.3. The molecule has 1 aromatic carbocycles. The van der Waals surface area contributed by atoms with E-state index in [1.807, 2.05) is 18.2 Å². The van der Waals surface area contributed by atoms with Gasteiger partial charge in [-0.15, -0.1) is 0 Å². The van der Waals surface area contributed by atoms with E-state index in [0.29, 0.717) is 5.92 Å². The molecule has 5 heteroatoms. The molecule has 0 spiro atoms. The number of rotatable bonds is 5. The smallest absolute Gasteiger partial charge is 0.223 e. The Kier molecular flexibility index (Phi) is 5.02. The fourth-order valence-corrected chi connectivity index (χ4v) is 4.27. The summed E-state index contributed by atoms with van der Waals surface area (Å²) in [5, 5.41) is 3.21. The van der Waals surface area contributed by atoms with Gasteiger partial charge in [-0.05, 0) is 43.9 Å². The molecule has 134 valence electrons. The van der Waals surface area contributed by atoms with Crippen LogP contribution in [0.5, 0.6) is 0 Å². The molecule has 1 saturated carbocycles. The highest BCUT2D eigenvalue weighted by atomic mass is 16.1. The Hall–Kier alpha value is -1.88. The third kappa shape index (κ3) is 4.03. The highest BCUT2D eigenvalue weighted by molar-refractivity contribution is 5.78. The number of amides is 1. The normalized spacial score (nSPS) is 22.5. The molecule has 4 rings (SSSR count). The number of likely N-dealkylation sites (tertiary alicyclic amines) is 1. The molecule has 0 radical (unpaired) electrons. The zero-order chi connectivity index (χ0) is 17.1. The maximum Gasteiger partial charge on any atom is 0.223 e. The lowest BCUT2D eigenvalue weighted by atomic mass is 9.88. The molecular weight excluding hydrogens is 312 g/mol. The number of aromatic nitrogens is 2. The van der Waals surface area contributed by atoms with Crippen molar-refractivity contribution in [3.8, 4) is 0 Å². The predicted octanol–water partition coefficient (Wildman–Crippen LogP) is 3.08. The van der Waals surface area contributed by atoms with Gasteiger partial charge < -0.3 is 10.3 Å². The Morgan fingerprint density at radius 3 is 2.88 bits per heavy atom. The van der Waals surface area contributed by atoms with Crippen molar-refractivity contribution in [2.24, 2.45) is 11.8 Å². The van der Waals surface area contributed by atoms with Gasteiger partial charge in [0.05, 0.1) is 17.6 Å².